The van der Waals surface area contributed by atoms with Crippen LogP contribution in [-0.4, -0.2) is 0 Å². The van der Waals surface area contributed by atoms with E-state index in [1.54, 1.807) is 0 Å². The average molecular weight is 286 g/mol. The summed E-state index contributed by atoms with van der Waals surface area (Å²) in [6, 6.07) is 17.3. The van der Waals surface area contributed by atoms with E-state index in [9.17, 15) is 0 Å². The molecule has 0 aliphatic heterocycles. The second-order valence-electron chi connectivity index (χ2n) is 6.04. The second kappa shape index (κ2) is 6.62. The van der Waals surface area contributed by atoms with Gasteiger partial charge in [-0.25, -0.2) is 0 Å². The number of hydrogen-bond donors (Lipinski definition) is 0. The Kier molecular flexibility index (Phi) is 4.39. The van der Waals surface area contributed by atoms with Gasteiger partial charge >= 0.3 is 0 Å². The molecule has 0 N–H and O–H groups in total. The van der Waals surface area contributed by atoms with Crippen molar-refractivity contribution < 1.29 is 0 Å². The van der Waals surface area contributed by atoms with Gasteiger partial charge in [0.05, 0.1) is 0 Å². The molecule has 0 aromatic heterocycles. The Morgan fingerprint density at radius 1 is 1.14 bits per heavy atom. The van der Waals surface area contributed by atoms with Crippen LogP contribution in [0.15, 0.2) is 72.8 Å². The fourth-order valence-electron chi connectivity index (χ4n) is 3.00. The summed E-state index contributed by atoms with van der Waals surface area (Å²) in [5, 5.41) is 0. The van der Waals surface area contributed by atoms with E-state index in [2.05, 4.69) is 80.3 Å². The lowest BCUT2D eigenvalue weighted by atomic mass is 9.98. The van der Waals surface area contributed by atoms with E-state index in [-0.39, 0.29) is 0 Å². The summed E-state index contributed by atoms with van der Waals surface area (Å²) in [4.78, 5) is 0. The van der Waals surface area contributed by atoms with Gasteiger partial charge in [0.25, 0.3) is 0 Å². The van der Waals surface area contributed by atoms with E-state index in [1.807, 2.05) is 0 Å². The number of rotatable bonds is 5. The smallest absolute Gasteiger partial charge is 0.00637 e. The van der Waals surface area contributed by atoms with Gasteiger partial charge in [-0.3, -0.25) is 0 Å². The minimum Gasteiger partial charge on any atom is -0.0992 e. The summed E-state index contributed by atoms with van der Waals surface area (Å²) in [5.74, 6) is 0. The van der Waals surface area contributed by atoms with Crippen LogP contribution in [0.4, 0.5) is 0 Å². The number of aryl methyl sites for hydroxylation is 1. The lowest BCUT2D eigenvalue weighted by molar-refractivity contribution is 1.14. The lowest BCUT2D eigenvalue weighted by Gasteiger charge is -2.07. The molecule has 0 nitrogen and oxygen atoms in total. The van der Waals surface area contributed by atoms with Crippen molar-refractivity contribution in [3.05, 3.63) is 95.1 Å². The van der Waals surface area contributed by atoms with Crippen molar-refractivity contribution in [2.75, 3.05) is 0 Å². The van der Waals surface area contributed by atoms with Gasteiger partial charge in [0.1, 0.15) is 0 Å². The summed E-state index contributed by atoms with van der Waals surface area (Å²) >= 11 is 0. The van der Waals surface area contributed by atoms with Crippen LogP contribution in [0, 0.1) is 6.92 Å². The third-order valence-corrected chi connectivity index (χ3v) is 4.13. The molecular weight excluding hydrogens is 264 g/mol. The number of allylic oxidation sites excluding steroid dienone is 4. The zero-order valence-corrected chi connectivity index (χ0v) is 13.2. The van der Waals surface area contributed by atoms with Gasteiger partial charge in [-0.1, -0.05) is 84.5 Å². The van der Waals surface area contributed by atoms with E-state index in [0.717, 1.165) is 19.3 Å². The van der Waals surface area contributed by atoms with E-state index in [4.69, 9.17) is 0 Å². The maximum Gasteiger partial charge on any atom is -0.00637 e. The molecule has 2 aromatic rings. The zero-order chi connectivity index (χ0) is 15.4. The van der Waals surface area contributed by atoms with Crippen molar-refractivity contribution in [3.8, 4) is 0 Å². The molecule has 1 aliphatic carbocycles. The molecule has 0 bridgehead atoms. The van der Waals surface area contributed by atoms with Gasteiger partial charge < -0.3 is 0 Å². The van der Waals surface area contributed by atoms with E-state index < -0.39 is 0 Å². The Balaban J connectivity index is 1.58. The van der Waals surface area contributed by atoms with Crippen LogP contribution in [0.5, 0.6) is 0 Å². The number of fused-ring (bicyclic) bond motifs is 1. The topological polar surface area (TPSA) is 0 Å². The van der Waals surface area contributed by atoms with Crippen LogP contribution in [0.25, 0.3) is 11.6 Å². The molecule has 0 amide bonds. The van der Waals surface area contributed by atoms with Crippen LogP contribution >= 0.6 is 0 Å². The Hall–Kier alpha value is -2.34. The summed E-state index contributed by atoms with van der Waals surface area (Å²) in [7, 11) is 0. The van der Waals surface area contributed by atoms with Crippen molar-refractivity contribution >= 4 is 11.6 Å². The van der Waals surface area contributed by atoms with E-state index >= 15 is 0 Å². The van der Waals surface area contributed by atoms with Crippen molar-refractivity contribution in [3.63, 3.8) is 0 Å². The molecule has 22 heavy (non-hydrogen) atoms. The Morgan fingerprint density at radius 2 is 2.00 bits per heavy atom. The average Bonchev–Trinajstić information content (AvgIpc) is 2.91. The molecule has 0 radical (unpaired) electrons. The first-order chi connectivity index (χ1) is 10.7. The summed E-state index contributed by atoms with van der Waals surface area (Å²) in [5.41, 5.74) is 8.12. The van der Waals surface area contributed by atoms with Crippen LogP contribution in [-0.2, 0) is 6.42 Å². The van der Waals surface area contributed by atoms with E-state index in [0.29, 0.717) is 0 Å². The number of benzene rings is 2. The molecule has 0 fully saturated rings. The predicted octanol–water partition coefficient (Wildman–Crippen LogP) is 5.98. The Bertz CT molecular complexity index is 744. The maximum atomic E-state index is 4.25. The molecule has 110 valence electrons. The molecule has 0 saturated heterocycles. The molecule has 0 atom stereocenters. The Labute approximate surface area is 133 Å². The largest absolute Gasteiger partial charge is 0.0992 e. The van der Waals surface area contributed by atoms with Gasteiger partial charge in [0, 0.05) is 0 Å². The minimum atomic E-state index is 0.938. The normalized spacial score (nSPS) is 13.2. The van der Waals surface area contributed by atoms with Crippen LogP contribution in [0.1, 0.15) is 35.1 Å². The number of hydrogen-bond acceptors (Lipinski definition) is 0. The minimum absolute atomic E-state index is 0.938. The Morgan fingerprint density at radius 3 is 2.86 bits per heavy atom. The molecule has 0 unspecified atom stereocenters. The van der Waals surface area contributed by atoms with Crippen molar-refractivity contribution in [1.29, 1.82) is 0 Å². The van der Waals surface area contributed by atoms with Gasteiger partial charge in [-0.2, -0.15) is 0 Å². The van der Waals surface area contributed by atoms with Gasteiger partial charge in [0.15, 0.2) is 0 Å². The second-order valence-corrected chi connectivity index (χ2v) is 6.04. The fraction of sp³-hybridized carbons (Fsp3) is 0.182. The molecule has 2 aromatic carbocycles. The SMILES string of the molecule is C=C(CC=Cc1cccc(C)c1)CC1=CCc2ccccc21. The molecule has 1 aliphatic rings. The lowest BCUT2D eigenvalue weighted by Crippen LogP contribution is -1.86. The highest BCUT2D eigenvalue weighted by Crippen LogP contribution is 2.32. The third kappa shape index (κ3) is 3.46. The molecule has 0 spiro atoms. The molecule has 3 rings (SSSR count). The molecule has 0 saturated carbocycles. The first-order valence-corrected chi connectivity index (χ1v) is 7.89. The van der Waals surface area contributed by atoms with Gasteiger partial charge in [0.2, 0.25) is 0 Å². The first-order valence-electron chi connectivity index (χ1n) is 7.89. The monoisotopic (exact) mass is 286 g/mol. The third-order valence-electron chi connectivity index (χ3n) is 4.13. The molecule has 0 heteroatoms. The van der Waals surface area contributed by atoms with Crippen LogP contribution < -0.4 is 0 Å². The van der Waals surface area contributed by atoms with Crippen molar-refractivity contribution in [2.24, 2.45) is 0 Å². The van der Waals surface area contributed by atoms with Crippen LogP contribution in [0.2, 0.25) is 0 Å². The van der Waals surface area contributed by atoms with Crippen LogP contribution in [0.3, 0.4) is 0 Å². The van der Waals surface area contributed by atoms with Crippen molar-refractivity contribution in [1.82, 2.24) is 0 Å². The highest BCUT2D eigenvalue weighted by molar-refractivity contribution is 5.74. The fourth-order valence-corrected chi connectivity index (χ4v) is 3.00. The summed E-state index contributed by atoms with van der Waals surface area (Å²) in [6.07, 6.45) is 9.74. The standard InChI is InChI=1S/C22H22/c1-17-7-5-9-19(15-17)10-6-8-18(2)16-21-14-13-20-11-3-4-12-22(20)21/h3-7,9-12,14-15H,2,8,13,16H2,1H3. The molecular formula is C22H22. The zero-order valence-electron chi connectivity index (χ0n) is 13.2. The first kappa shape index (κ1) is 14.6. The van der Waals surface area contributed by atoms with E-state index in [1.165, 1.54) is 33.4 Å². The predicted molar refractivity (Wildman–Crippen MR) is 96.7 cm³/mol. The highest BCUT2D eigenvalue weighted by Gasteiger charge is 2.13. The summed E-state index contributed by atoms with van der Waals surface area (Å²) in [6.45, 7) is 6.37. The van der Waals surface area contributed by atoms with Gasteiger partial charge in [-0.05, 0) is 48.4 Å². The highest BCUT2D eigenvalue weighted by atomic mass is 14.2. The molecule has 0 heterocycles. The quantitative estimate of drug-likeness (QED) is 0.593. The van der Waals surface area contributed by atoms with Gasteiger partial charge in [-0.15, -0.1) is 0 Å². The summed E-state index contributed by atoms with van der Waals surface area (Å²) < 4.78 is 0. The maximum absolute atomic E-state index is 4.25. The van der Waals surface area contributed by atoms with Crippen molar-refractivity contribution in [2.45, 2.75) is 26.2 Å².